The van der Waals surface area contributed by atoms with Crippen LogP contribution in [0.2, 0.25) is 0 Å². The number of sulfone groups is 1. The van der Waals surface area contributed by atoms with Crippen molar-refractivity contribution in [1.82, 2.24) is 0 Å². The fraction of sp³-hybridized carbons (Fsp3) is 0.500. The molecule has 1 unspecified atom stereocenters. The molecule has 0 aliphatic heterocycles. The van der Waals surface area contributed by atoms with E-state index >= 15 is 0 Å². The van der Waals surface area contributed by atoms with Crippen molar-refractivity contribution >= 4 is 33.0 Å². The Labute approximate surface area is 113 Å². The molecule has 0 spiro atoms. The molecule has 0 amide bonds. The lowest BCUT2D eigenvalue weighted by Gasteiger charge is -2.28. The van der Waals surface area contributed by atoms with Crippen LogP contribution in [0.25, 0.3) is 0 Å². The molecule has 0 saturated carbocycles. The fourth-order valence-corrected chi connectivity index (χ4v) is 3.29. The molecule has 0 bridgehead atoms. The van der Waals surface area contributed by atoms with Gasteiger partial charge in [-0.3, -0.25) is 0 Å². The first-order chi connectivity index (χ1) is 8.29. The van der Waals surface area contributed by atoms with Gasteiger partial charge in [0.05, 0.1) is 16.3 Å². The molecule has 1 aromatic rings. The molecule has 0 aromatic heterocycles. The van der Waals surface area contributed by atoms with Crippen molar-refractivity contribution in [3.8, 4) is 0 Å². The summed E-state index contributed by atoms with van der Waals surface area (Å²) in [7, 11) is -1.36. The smallest absolute Gasteiger partial charge is 0.177 e. The summed E-state index contributed by atoms with van der Waals surface area (Å²) < 4.78 is 23.2. The highest BCUT2D eigenvalue weighted by Crippen LogP contribution is 2.30. The van der Waals surface area contributed by atoms with Gasteiger partial charge in [0.25, 0.3) is 0 Å². The van der Waals surface area contributed by atoms with Crippen molar-refractivity contribution in [2.45, 2.75) is 17.9 Å². The number of hydrogen-bond acceptors (Lipinski definition) is 5. The standard InChI is InChI=1S/C12H20N2O2S2/c1-9(8-17-3)14(2)10-6-5-7-11(12(10)13)18(4,15)16/h5-7,9H,8,13H2,1-4H3. The van der Waals surface area contributed by atoms with Crippen LogP contribution in [-0.4, -0.2) is 39.8 Å². The molecule has 0 fully saturated rings. The Morgan fingerprint density at radius 2 is 2.06 bits per heavy atom. The van der Waals surface area contributed by atoms with Crippen LogP contribution in [0.4, 0.5) is 11.4 Å². The van der Waals surface area contributed by atoms with Crippen LogP contribution in [0.15, 0.2) is 23.1 Å². The van der Waals surface area contributed by atoms with Crippen LogP contribution < -0.4 is 10.6 Å². The second kappa shape index (κ2) is 5.84. The Morgan fingerprint density at radius 1 is 1.44 bits per heavy atom. The van der Waals surface area contributed by atoms with Crippen molar-refractivity contribution in [2.75, 3.05) is 35.9 Å². The summed E-state index contributed by atoms with van der Waals surface area (Å²) in [6.07, 6.45) is 3.22. The Morgan fingerprint density at radius 3 is 2.56 bits per heavy atom. The monoisotopic (exact) mass is 288 g/mol. The second-order valence-corrected chi connectivity index (χ2v) is 7.27. The molecule has 4 nitrogen and oxygen atoms in total. The van der Waals surface area contributed by atoms with Gasteiger partial charge in [0.1, 0.15) is 0 Å². The number of para-hydroxylation sites is 1. The van der Waals surface area contributed by atoms with Crippen molar-refractivity contribution < 1.29 is 8.42 Å². The summed E-state index contributed by atoms with van der Waals surface area (Å²) in [5.74, 6) is 0.957. The molecule has 1 atom stereocenters. The predicted octanol–water partition coefficient (Wildman–Crippen LogP) is 1.86. The average Bonchev–Trinajstić information content (AvgIpc) is 2.27. The highest BCUT2D eigenvalue weighted by molar-refractivity contribution is 7.98. The lowest BCUT2D eigenvalue weighted by Crippen LogP contribution is -2.31. The number of thioether (sulfide) groups is 1. The Balaban J connectivity index is 3.19. The topological polar surface area (TPSA) is 63.4 Å². The number of nitrogens with zero attached hydrogens (tertiary/aromatic N) is 1. The third kappa shape index (κ3) is 3.32. The van der Waals surface area contributed by atoms with E-state index in [-0.39, 0.29) is 10.9 Å². The maximum absolute atomic E-state index is 11.6. The Kier molecular flexibility index (Phi) is 4.92. The first-order valence-electron chi connectivity index (χ1n) is 5.59. The minimum absolute atomic E-state index is 0.197. The van der Waals surface area contributed by atoms with E-state index in [0.717, 1.165) is 11.4 Å². The molecule has 0 aliphatic rings. The first-order valence-corrected chi connectivity index (χ1v) is 8.88. The summed E-state index contributed by atoms with van der Waals surface area (Å²) in [6.45, 7) is 2.09. The van der Waals surface area contributed by atoms with Gasteiger partial charge in [-0.2, -0.15) is 11.8 Å². The summed E-state index contributed by atoms with van der Waals surface area (Å²) in [6, 6.07) is 5.41. The second-order valence-electron chi connectivity index (χ2n) is 4.38. The third-order valence-electron chi connectivity index (χ3n) is 2.89. The van der Waals surface area contributed by atoms with Crippen LogP contribution in [0.3, 0.4) is 0 Å². The highest BCUT2D eigenvalue weighted by atomic mass is 32.2. The van der Waals surface area contributed by atoms with Crippen molar-refractivity contribution in [3.05, 3.63) is 18.2 Å². The summed E-state index contributed by atoms with van der Waals surface area (Å²) >= 11 is 1.75. The molecule has 0 heterocycles. The third-order valence-corrected chi connectivity index (χ3v) is 4.86. The van der Waals surface area contributed by atoms with Crippen LogP contribution in [0.5, 0.6) is 0 Å². The number of rotatable bonds is 5. The lowest BCUT2D eigenvalue weighted by atomic mass is 10.2. The quantitative estimate of drug-likeness (QED) is 0.838. The average molecular weight is 288 g/mol. The van der Waals surface area contributed by atoms with Crippen molar-refractivity contribution in [2.24, 2.45) is 0 Å². The SMILES string of the molecule is CSCC(C)N(C)c1cccc(S(C)(=O)=O)c1N. The van der Waals surface area contributed by atoms with Crippen molar-refractivity contribution in [1.29, 1.82) is 0 Å². The van der Waals surface area contributed by atoms with E-state index in [0.29, 0.717) is 5.69 Å². The molecular formula is C12H20N2O2S2. The molecule has 6 heteroatoms. The van der Waals surface area contributed by atoms with E-state index in [1.165, 1.54) is 6.26 Å². The van der Waals surface area contributed by atoms with E-state index in [9.17, 15) is 8.42 Å². The van der Waals surface area contributed by atoms with E-state index in [1.54, 1.807) is 23.9 Å². The molecule has 0 radical (unpaired) electrons. The van der Waals surface area contributed by atoms with Gasteiger partial charge in [0.2, 0.25) is 0 Å². The lowest BCUT2D eigenvalue weighted by molar-refractivity contribution is 0.602. The van der Waals surface area contributed by atoms with Gasteiger partial charge in [-0.15, -0.1) is 0 Å². The van der Waals surface area contributed by atoms with Crippen LogP contribution in [0, 0.1) is 0 Å². The fourth-order valence-electron chi connectivity index (χ4n) is 1.75. The number of benzene rings is 1. The molecule has 1 aromatic carbocycles. The summed E-state index contributed by atoms with van der Waals surface area (Å²) in [4.78, 5) is 2.21. The van der Waals surface area contributed by atoms with Gasteiger partial charge in [-0.1, -0.05) is 6.07 Å². The predicted molar refractivity (Wildman–Crippen MR) is 80.2 cm³/mol. The normalized spacial score (nSPS) is 13.3. The van der Waals surface area contributed by atoms with Crippen LogP contribution in [-0.2, 0) is 9.84 Å². The largest absolute Gasteiger partial charge is 0.396 e. The zero-order valence-corrected chi connectivity index (χ0v) is 12.8. The van der Waals surface area contributed by atoms with Gasteiger partial charge < -0.3 is 10.6 Å². The minimum atomic E-state index is -3.28. The number of anilines is 2. The zero-order chi connectivity index (χ0) is 13.9. The summed E-state index contributed by atoms with van der Waals surface area (Å²) in [5.41, 5.74) is 7.07. The Hall–Kier alpha value is -0.880. The highest BCUT2D eigenvalue weighted by Gasteiger charge is 2.18. The van der Waals surface area contributed by atoms with Gasteiger partial charge >= 0.3 is 0 Å². The molecule has 102 valence electrons. The van der Waals surface area contributed by atoms with Crippen LogP contribution in [0.1, 0.15) is 6.92 Å². The maximum atomic E-state index is 11.6. The molecule has 0 aliphatic carbocycles. The van der Waals surface area contributed by atoms with Crippen molar-refractivity contribution in [3.63, 3.8) is 0 Å². The van der Waals surface area contributed by atoms with E-state index in [1.807, 2.05) is 24.3 Å². The maximum Gasteiger partial charge on any atom is 0.177 e. The zero-order valence-electron chi connectivity index (χ0n) is 11.2. The van der Waals surface area contributed by atoms with E-state index in [2.05, 4.69) is 6.92 Å². The molecule has 1 rings (SSSR count). The number of hydrogen-bond donors (Lipinski definition) is 1. The molecule has 18 heavy (non-hydrogen) atoms. The first kappa shape index (κ1) is 15.2. The summed E-state index contributed by atoms with van der Waals surface area (Å²) in [5, 5.41) is 0. The van der Waals surface area contributed by atoms with Gasteiger partial charge in [0, 0.05) is 25.1 Å². The minimum Gasteiger partial charge on any atom is -0.396 e. The number of nitrogen functional groups attached to an aromatic ring is 1. The molecule has 2 N–H and O–H groups in total. The number of nitrogens with two attached hydrogens (primary N) is 1. The van der Waals surface area contributed by atoms with E-state index < -0.39 is 9.84 Å². The van der Waals surface area contributed by atoms with Gasteiger partial charge in [-0.25, -0.2) is 8.42 Å². The van der Waals surface area contributed by atoms with Gasteiger partial charge in [0.15, 0.2) is 9.84 Å². The molecular weight excluding hydrogens is 268 g/mol. The van der Waals surface area contributed by atoms with E-state index in [4.69, 9.17) is 5.73 Å². The Bertz CT molecular complexity index is 515. The van der Waals surface area contributed by atoms with Crippen LogP contribution >= 0.6 is 11.8 Å². The molecule has 0 saturated heterocycles. The van der Waals surface area contributed by atoms with Gasteiger partial charge in [-0.05, 0) is 25.3 Å².